The largest absolute Gasteiger partial charge is 0.477 e. The summed E-state index contributed by atoms with van der Waals surface area (Å²) < 4.78 is 10.9. The van der Waals surface area contributed by atoms with Gasteiger partial charge in [-0.2, -0.15) is 4.98 Å². The van der Waals surface area contributed by atoms with Gasteiger partial charge in [0.25, 0.3) is 0 Å². The molecular weight excluding hydrogens is 230 g/mol. The van der Waals surface area contributed by atoms with Crippen molar-refractivity contribution in [2.45, 2.75) is 26.9 Å². The zero-order valence-electron chi connectivity index (χ0n) is 11.3. The van der Waals surface area contributed by atoms with Gasteiger partial charge in [0.2, 0.25) is 5.88 Å². The summed E-state index contributed by atoms with van der Waals surface area (Å²) in [6, 6.07) is 1.77. The highest BCUT2D eigenvalue weighted by Crippen LogP contribution is 2.14. The minimum absolute atomic E-state index is 0.392. The van der Waals surface area contributed by atoms with Gasteiger partial charge in [-0.3, -0.25) is 0 Å². The van der Waals surface area contributed by atoms with E-state index in [1.807, 2.05) is 20.9 Å². The molecule has 0 bridgehead atoms. The maximum Gasteiger partial charge on any atom is 0.218 e. The molecule has 1 rings (SSSR count). The molecule has 0 unspecified atom stereocenters. The molecule has 0 aliphatic heterocycles. The molecule has 1 aromatic rings. The van der Waals surface area contributed by atoms with Crippen molar-refractivity contribution in [2.24, 2.45) is 0 Å². The van der Waals surface area contributed by atoms with Crippen LogP contribution in [0.2, 0.25) is 0 Å². The van der Waals surface area contributed by atoms with Gasteiger partial charge in [-0.1, -0.05) is 5.57 Å². The van der Waals surface area contributed by atoms with E-state index in [2.05, 4.69) is 21.9 Å². The average molecular weight is 251 g/mol. The zero-order valence-corrected chi connectivity index (χ0v) is 11.3. The van der Waals surface area contributed by atoms with Crippen molar-refractivity contribution in [3.8, 4) is 5.88 Å². The van der Waals surface area contributed by atoms with Crippen molar-refractivity contribution in [2.75, 3.05) is 25.6 Å². The fourth-order valence-corrected chi connectivity index (χ4v) is 1.26. The molecule has 0 spiro atoms. The maximum atomic E-state index is 5.57. The van der Waals surface area contributed by atoms with Crippen LogP contribution in [0.5, 0.6) is 5.88 Å². The standard InChI is InChI=1S/C13H21N3O2/c1-5-17-9-12-15-11(14-4)8-13(16-12)18-7-6-10(2)3/h8H,2,5-7,9H2,1,3-4H3,(H,14,15,16). The molecule has 0 fully saturated rings. The Morgan fingerprint density at radius 3 is 2.83 bits per heavy atom. The number of anilines is 1. The Morgan fingerprint density at radius 1 is 1.44 bits per heavy atom. The monoisotopic (exact) mass is 251 g/mol. The quantitative estimate of drug-likeness (QED) is 0.719. The van der Waals surface area contributed by atoms with Gasteiger partial charge in [-0.05, 0) is 13.8 Å². The summed E-state index contributed by atoms with van der Waals surface area (Å²) in [5.41, 5.74) is 1.09. The van der Waals surface area contributed by atoms with Gasteiger partial charge in [-0.15, -0.1) is 6.58 Å². The van der Waals surface area contributed by atoms with E-state index in [-0.39, 0.29) is 0 Å². The molecule has 100 valence electrons. The first-order valence-electron chi connectivity index (χ1n) is 6.06. The van der Waals surface area contributed by atoms with E-state index >= 15 is 0 Å². The Labute approximate surface area is 108 Å². The number of nitrogens with zero attached hydrogens (tertiary/aromatic N) is 2. The lowest BCUT2D eigenvalue weighted by molar-refractivity contribution is 0.127. The van der Waals surface area contributed by atoms with Gasteiger partial charge >= 0.3 is 0 Å². The third kappa shape index (κ3) is 5.14. The van der Waals surface area contributed by atoms with Crippen molar-refractivity contribution in [1.82, 2.24) is 9.97 Å². The van der Waals surface area contributed by atoms with Crippen LogP contribution in [-0.2, 0) is 11.3 Å². The van der Waals surface area contributed by atoms with Gasteiger partial charge < -0.3 is 14.8 Å². The van der Waals surface area contributed by atoms with Crippen LogP contribution in [0.25, 0.3) is 0 Å². The molecule has 0 aliphatic rings. The summed E-state index contributed by atoms with van der Waals surface area (Å²) in [6.45, 7) is 9.35. The molecule has 18 heavy (non-hydrogen) atoms. The minimum atomic E-state index is 0.392. The highest BCUT2D eigenvalue weighted by Gasteiger charge is 2.05. The average Bonchev–Trinajstić information content (AvgIpc) is 2.35. The molecule has 0 aromatic carbocycles. The van der Waals surface area contributed by atoms with Crippen LogP contribution in [0.1, 0.15) is 26.1 Å². The van der Waals surface area contributed by atoms with Crippen LogP contribution < -0.4 is 10.1 Å². The Bertz CT molecular complexity index is 394. The maximum absolute atomic E-state index is 5.57. The number of nitrogens with one attached hydrogen (secondary N) is 1. The van der Waals surface area contributed by atoms with E-state index in [9.17, 15) is 0 Å². The Kier molecular flexibility index (Phi) is 6.14. The molecule has 0 atom stereocenters. The lowest BCUT2D eigenvalue weighted by Crippen LogP contribution is -2.06. The van der Waals surface area contributed by atoms with Crippen molar-refractivity contribution in [3.63, 3.8) is 0 Å². The van der Waals surface area contributed by atoms with Crippen molar-refractivity contribution < 1.29 is 9.47 Å². The Hall–Kier alpha value is -1.62. The first kappa shape index (κ1) is 14.4. The zero-order chi connectivity index (χ0) is 13.4. The van der Waals surface area contributed by atoms with Crippen LogP contribution in [0.15, 0.2) is 18.2 Å². The molecule has 1 heterocycles. The molecule has 0 saturated carbocycles. The lowest BCUT2D eigenvalue weighted by atomic mass is 10.3. The van der Waals surface area contributed by atoms with Crippen molar-refractivity contribution >= 4 is 5.82 Å². The SMILES string of the molecule is C=C(C)CCOc1cc(NC)nc(COCC)n1. The van der Waals surface area contributed by atoms with E-state index < -0.39 is 0 Å². The molecule has 5 nitrogen and oxygen atoms in total. The van der Waals surface area contributed by atoms with Gasteiger partial charge in [0.05, 0.1) is 6.61 Å². The smallest absolute Gasteiger partial charge is 0.218 e. The normalized spacial score (nSPS) is 10.2. The summed E-state index contributed by atoms with van der Waals surface area (Å²) in [5.74, 6) is 1.91. The predicted octanol–water partition coefficient (Wildman–Crippen LogP) is 2.40. The second-order valence-corrected chi connectivity index (χ2v) is 3.95. The summed E-state index contributed by atoms with van der Waals surface area (Å²) >= 11 is 0. The fraction of sp³-hybridized carbons (Fsp3) is 0.538. The first-order valence-corrected chi connectivity index (χ1v) is 6.06. The number of aromatic nitrogens is 2. The number of ether oxygens (including phenoxy) is 2. The van der Waals surface area contributed by atoms with E-state index in [1.165, 1.54) is 0 Å². The van der Waals surface area contributed by atoms with Crippen LogP contribution in [-0.4, -0.2) is 30.2 Å². The third-order valence-corrected chi connectivity index (χ3v) is 2.22. The number of hydrogen-bond donors (Lipinski definition) is 1. The van der Waals surface area contributed by atoms with Gasteiger partial charge in [-0.25, -0.2) is 4.98 Å². The number of hydrogen-bond acceptors (Lipinski definition) is 5. The van der Waals surface area contributed by atoms with Crippen LogP contribution >= 0.6 is 0 Å². The van der Waals surface area contributed by atoms with E-state index in [1.54, 1.807) is 6.07 Å². The van der Waals surface area contributed by atoms with E-state index in [0.29, 0.717) is 31.5 Å². The molecular formula is C13H21N3O2. The first-order chi connectivity index (χ1) is 8.65. The topological polar surface area (TPSA) is 56.3 Å². The second kappa shape index (κ2) is 7.66. The minimum Gasteiger partial charge on any atom is -0.477 e. The van der Waals surface area contributed by atoms with E-state index in [4.69, 9.17) is 9.47 Å². The predicted molar refractivity (Wildman–Crippen MR) is 71.8 cm³/mol. The molecule has 0 aliphatic carbocycles. The molecule has 5 heteroatoms. The molecule has 0 saturated heterocycles. The molecule has 0 radical (unpaired) electrons. The second-order valence-electron chi connectivity index (χ2n) is 3.95. The lowest BCUT2D eigenvalue weighted by Gasteiger charge is -2.09. The Morgan fingerprint density at radius 2 is 2.22 bits per heavy atom. The Balaban J connectivity index is 2.67. The van der Waals surface area contributed by atoms with E-state index in [0.717, 1.165) is 17.8 Å². The van der Waals surface area contributed by atoms with Crippen molar-refractivity contribution in [3.05, 3.63) is 24.0 Å². The van der Waals surface area contributed by atoms with Gasteiger partial charge in [0, 0.05) is 26.1 Å². The van der Waals surface area contributed by atoms with Crippen molar-refractivity contribution in [1.29, 1.82) is 0 Å². The summed E-state index contributed by atoms with van der Waals surface area (Å²) in [7, 11) is 1.81. The van der Waals surface area contributed by atoms with Crippen LogP contribution in [0.4, 0.5) is 5.82 Å². The highest BCUT2D eigenvalue weighted by atomic mass is 16.5. The van der Waals surface area contributed by atoms with Crippen LogP contribution in [0, 0.1) is 0 Å². The van der Waals surface area contributed by atoms with Gasteiger partial charge in [0.15, 0.2) is 5.82 Å². The highest BCUT2D eigenvalue weighted by molar-refractivity contribution is 5.37. The van der Waals surface area contributed by atoms with Crippen LogP contribution in [0.3, 0.4) is 0 Å². The number of rotatable bonds is 8. The molecule has 1 N–H and O–H groups in total. The summed E-state index contributed by atoms with van der Waals surface area (Å²) in [4.78, 5) is 8.58. The van der Waals surface area contributed by atoms with Gasteiger partial charge in [0.1, 0.15) is 12.4 Å². The fourth-order valence-electron chi connectivity index (χ4n) is 1.26. The summed E-state index contributed by atoms with van der Waals surface area (Å²) in [6.07, 6.45) is 0.819. The summed E-state index contributed by atoms with van der Waals surface area (Å²) in [5, 5.41) is 2.98. The third-order valence-electron chi connectivity index (χ3n) is 2.22. The molecule has 1 aromatic heterocycles. The molecule has 0 amide bonds.